The maximum Gasteiger partial charge on any atom is 0.347 e. The largest absolute Gasteiger partial charge is 0.497 e. The zero-order valence-corrected chi connectivity index (χ0v) is 16.2. The Bertz CT molecular complexity index is 1010. The maximum absolute atomic E-state index is 12.3. The van der Waals surface area contributed by atoms with Gasteiger partial charge in [0.2, 0.25) is 5.89 Å². The van der Waals surface area contributed by atoms with Crippen LogP contribution < -0.4 is 9.47 Å². The molecule has 8 nitrogen and oxygen atoms in total. The highest BCUT2D eigenvalue weighted by Crippen LogP contribution is 2.24. The molecule has 0 aliphatic carbocycles. The first kappa shape index (κ1) is 19.9. The number of benzene rings is 2. The highest BCUT2D eigenvalue weighted by Gasteiger charge is 2.23. The quantitative estimate of drug-likeness (QED) is 0.559. The standard InChI is InChI=1S/C21H19N3O5/c1-13(19-23-24-20(29-19)16-6-10-17(26-3)11-7-16)28-21(25)14(2)27-18-8-4-15(12-22)5-9-18/h4-11,13-14H,1-3H3/t13-,14-/m1/s1. The summed E-state index contributed by atoms with van der Waals surface area (Å²) in [6, 6.07) is 15.6. The molecule has 2 aromatic carbocycles. The number of rotatable bonds is 7. The lowest BCUT2D eigenvalue weighted by Crippen LogP contribution is -2.27. The van der Waals surface area contributed by atoms with Gasteiger partial charge in [-0.25, -0.2) is 4.79 Å². The number of methoxy groups -OCH3 is 1. The van der Waals surface area contributed by atoms with E-state index in [4.69, 9.17) is 23.9 Å². The molecule has 0 radical (unpaired) electrons. The monoisotopic (exact) mass is 393 g/mol. The van der Waals surface area contributed by atoms with Crippen molar-refractivity contribution in [3.8, 4) is 29.0 Å². The van der Waals surface area contributed by atoms with Gasteiger partial charge >= 0.3 is 5.97 Å². The Labute approximate surface area is 167 Å². The minimum absolute atomic E-state index is 0.176. The first-order valence-corrected chi connectivity index (χ1v) is 8.85. The molecule has 0 saturated carbocycles. The number of ether oxygens (including phenoxy) is 3. The van der Waals surface area contributed by atoms with Gasteiger partial charge in [-0.2, -0.15) is 5.26 Å². The van der Waals surface area contributed by atoms with Gasteiger partial charge in [-0.3, -0.25) is 0 Å². The lowest BCUT2D eigenvalue weighted by atomic mass is 10.2. The minimum Gasteiger partial charge on any atom is -0.497 e. The molecule has 0 amide bonds. The van der Waals surface area contributed by atoms with E-state index in [0.29, 0.717) is 23.0 Å². The number of hydrogen-bond donors (Lipinski definition) is 0. The summed E-state index contributed by atoms with van der Waals surface area (Å²) < 4.78 is 21.7. The molecular formula is C21H19N3O5. The summed E-state index contributed by atoms with van der Waals surface area (Å²) in [6.07, 6.45) is -1.59. The number of carbonyl (C=O) groups is 1. The second-order valence-corrected chi connectivity index (χ2v) is 6.15. The van der Waals surface area contributed by atoms with Crippen LogP contribution in [-0.4, -0.2) is 29.4 Å². The second-order valence-electron chi connectivity index (χ2n) is 6.15. The molecule has 0 aliphatic rings. The molecule has 0 bridgehead atoms. The molecule has 1 aromatic heterocycles. The Hall–Kier alpha value is -3.86. The van der Waals surface area contributed by atoms with Crippen LogP contribution in [0.3, 0.4) is 0 Å². The van der Waals surface area contributed by atoms with Crippen LogP contribution in [0.25, 0.3) is 11.5 Å². The van der Waals surface area contributed by atoms with Crippen molar-refractivity contribution in [3.05, 3.63) is 60.0 Å². The van der Waals surface area contributed by atoms with Gasteiger partial charge < -0.3 is 18.6 Å². The molecule has 2 atom stereocenters. The molecule has 0 aliphatic heterocycles. The molecule has 0 saturated heterocycles. The summed E-state index contributed by atoms with van der Waals surface area (Å²) in [6.45, 7) is 3.21. The smallest absolute Gasteiger partial charge is 0.347 e. The molecule has 148 valence electrons. The van der Waals surface area contributed by atoms with Crippen molar-refractivity contribution in [3.63, 3.8) is 0 Å². The van der Waals surface area contributed by atoms with Gasteiger partial charge in [0.05, 0.1) is 18.7 Å². The first-order chi connectivity index (χ1) is 14.0. The lowest BCUT2D eigenvalue weighted by molar-refractivity contribution is -0.157. The van der Waals surface area contributed by atoms with Crippen LogP contribution in [0.2, 0.25) is 0 Å². The van der Waals surface area contributed by atoms with Crippen LogP contribution in [0, 0.1) is 11.3 Å². The Kier molecular flexibility index (Phi) is 6.09. The third-order valence-corrected chi connectivity index (χ3v) is 4.05. The van der Waals surface area contributed by atoms with Crippen LogP contribution in [0.15, 0.2) is 52.9 Å². The second kappa shape index (κ2) is 8.89. The normalized spacial score (nSPS) is 12.5. The van der Waals surface area contributed by atoms with E-state index in [9.17, 15) is 4.79 Å². The highest BCUT2D eigenvalue weighted by atomic mass is 16.6. The van der Waals surface area contributed by atoms with E-state index in [1.54, 1.807) is 69.5 Å². The molecule has 0 unspecified atom stereocenters. The Morgan fingerprint density at radius 3 is 2.31 bits per heavy atom. The third kappa shape index (κ3) is 4.90. The fourth-order valence-electron chi connectivity index (χ4n) is 2.43. The fourth-order valence-corrected chi connectivity index (χ4v) is 2.43. The summed E-state index contributed by atoms with van der Waals surface area (Å²) in [5.41, 5.74) is 1.23. The molecule has 1 heterocycles. The molecule has 29 heavy (non-hydrogen) atoms. The molecular weight excluding hydrogens is 374 g/mol. The zero-order chi connectivity index (χ0) is 20.8. The van der Waals surface area contributed by atoms with Crippen LogP contribution >= 0.6 is 0 Å². The number of carbonyl (C=O) groups excluding carboxylic acids is 1. The average molecular weight is 393 g/mol. The summed E-state index contributed by atoms with van der Waals surface area (Å²) in [5, 5.41) is 16.8. The van der Waals surface area contributed by atoms with Crippen molar-refractivity contribution in [2.24, 2.45) is 0 Å². The van der Waals surface area contributed by atoms with Crippen molar-refractivity contribution in [2.45, 2.75) is 26.1 Å². The molecule has 0 fully saturated rings. The Morgan fingerprint density at radius 1 is 1.03 bits per heavy atom. The van der Waals surface area contributed by atoms with E-state index in [-0.39, 0.29) is 5.89 Å². The van der Waals surface area contributed by atoms with Crippen LogP contribution in [0.4, 0.5) is 0 Å². The lowest BCUT2D eigenvalue weighted by Gasteiger charge is -2.16. The average Bonchev–Trinajstić information content (AvgIpc) is 3.24. The van der Waals surface area contributed by atoms with Crippen molar-refractivity contribution < 1.29 is 23.4 Å². The first-order valence-electron chi connectivity index (χ1n) is 8.85. The highest BCUT2D eigenvalue weighted by molar-refractivity contribution is 5.74. The third-order valence-electron chi connectivity index (χ3n) is 4.05. The SMILES string of the molecule is COc1ccc(-c2nnc([C@@H](C)OC(=O)[C@@H](C)Oc3ccc(C#N)cc3)o2)cc1. The van der Waals surface area contributed by atoms with Crippen LogP contribution in [0.1, 0.15) is 31.4 Å². The molecule has 0 N–H and O–H groups in total. The van der Waals surface area contributed by atoms with Gasteiger partial charge in [0.1, 0.15) is 11.5 Å². The maximum atomic E-state index is 12.3. The summed E-state index contributed by atoms with van der Waals surface area (Å²) in [5.74, 6) is 1.08. The minimum atomic E-state index is -0.852. The van der Waals surface area contributed by atoms with E-state index >= 15 is 0 Å². The van der Waals surface area contributed by atoms with E-state index < -0.39 is 18.2 Å². The predicted octanol–water partition coefficient (Wildman–Crippen LogP) is 3.69. The number of nitrogens with zero attached hydrogens (tertiary/aromatic N) is 3. The van der Waals surface area contributed by atoms with Crippen molar-refractivity contribution >= 4 is 5.97 Å². The zero-order valence-electron chi connectivity index (χ0n) is 16.2. The van der Waals surface area contributed by atoms with E-state index in [1.807, 2.05) is 6.07 Å². The van der Waals surface area contributed by atoms with Crippen molar-refractivity contribution in [1.29, 1.82) is 5.26 Å². The topological polar surface area (TPSA) is 107 Å². The molecule has 3 rings (SSSR count). The van der Waals surface area contributed by atoms with Crippen LogP contribution in [-0.2, 0) is 9.53 Å². The van der Waals surface area contributed by atoms with Gasteiger partial charge in [-0.05, 0) is 62.4 Å². The summed E-state index contributed by atoms with van der Waals surface area (Å²) >= 11 is 0. The van der Waals surface area contributed by atoms with Gasteiger partial charge in [0.15, 0.2) is 12.2 Å². The van der Waals surface area contributed by atoms with E-state index in [2.05, 4.69) is 10.2 Å². The summed E-state index contributed by atoms with van der Waals surface area (Å²) in [7, 11) is 1.59. The van der Waals surface area contributed by atoms with Crippen LogP contribution in [0.5, 0.6) is 11.5 Å². The molecule has 3 aromatic rings. The van der Waals surface area contributed by atoms with Gasteiger partial charge in [-0.1, -0.05) is 0 Å². The summed E-state index contributed by atoms with van der Waals surface area (Å²) in [4.78, 5) is 12.3. The molecule has 0 spiro atoms. The van der Waals surface area contributed by atoms with Crippen molar-refractivity contribution in [2.75, 3.05) is 7.11 Å². The van der Waals surface area contributed by atoms with Gasteiger partial charge in [-0.15, -0.1) is 10.2 Å². The Morgan fingerprint density at radius 2 is 1.69 bits per heavy atom. The number of aromatic nitrogens is 2. The van der Waals surface area contributed by atoms with Crippen molar-refractivity contribution in [1.82, 2.24) is 10.2 Å². The number of nitriles is 1. The fraction of sp³-hybridized carbons (Fsp3) is 0.238. The number of esters is 1. The van der Waals surface area contributed by atoms with Gasteiger partial charge in [0, 0.05) is 5.56 Å². The van der Waals surface area contributed by atoms with E-state index in [1.165, 1.54) is 0 Å². The Balaban J connectivity index is 1.60. The number of hydrogen-bond acceptors (Lipinski definition) is 8. The molecule has 8 heteroatoms. The van der Waals surface area contributed by atoms with E-state index in [0.717, 1.165) is 5.56 Å². The predicted molar refractivity (Wildman–Crippen MR) is 102 cm³/mol. The van der Waals surface area contributed by atoms with Gasteiger partial charge in [0.25, 0.3) is 5.89 Å².